The molecule has 2 aliphatic rings. The van der Waals surface area contributed by atoms with Crippen LogP contribution in [0.1, 0.15) is 55.6 Å². The van der Waals surface area contributed by atoms with E-state index in [0.29, 0.717) is 18.8 Å². The van der Waals surface area contributed by atoms with E-state index in [4.69, 9.17) is 14.5 Å². The summed E-state index contributed by atoms with van der Waals surface area (Å²) in [5.41, 5.74) is 5.50. The molecule has 1 aromatic heterocycles. The van der Waals surface area contributed by atoms with Crippen LogP contribution in [0.15, 0.2) is 30.3 Å². The van der Waals surface area contributed by atoms with E-state index in [1.54, 1.807) is 7.11 Å². The van der Waals surface area contributed by atoms with E-state index in [-0.39, 0.29) is 5.41 Å². The van der Waals surface area contributed by atoms with Crippen molar-refractivity contribution in [3.05, 3.63) is 52.8 Å². The third kappa shape index (κ3) is 3.23. The first kappa shape index (κ1) is 19.1. The molecule has 1 aromatic carbocycles. The number of aryl methyl sites for hydroxylation is 1. The van der Waals surface area contributed by atoms with Crippen LogP contribution in [0.2, 0.25) is 0 Å². The quantitative estimate of drug-likeness (QED) is 0.770. The first-order valence-electron chi connectivity index (χ1n) is 10.1. The van der Waals surface area contributed by atoms with Crippen molar-refractivity contribution in [3.8, 4) is 17.2 Å². The van der Waals surface area contributed by atoms with Gasteiger partial charge in [-0.3, -0.25) is 4.98 Å². The Morgan fingerprint density at radius 1 is 1.21 bits per heavy atom. The van der Waals surface area contributed by atoms with E-state index < -0.39 is 5.60 Å². The molecule has 0 amide bonds. The highest BCUT2D eigenvalue weighted by Crippen LogP contribution is 2.45. The Kier molecular flexibility index (Phi) is 4.99. The number of aromatic nitrogens is 1. The van der Waals surface area contributed by atoms with Gasteiger partial charge in [-0.1, -0.05) is 44.2 Å². The van der Waals surface area contributed by atoms with Crippen LogP contribution in [0.25, 0.3) is 11.1 Å². The first-order valence-corrected chi connectivity index (χ1v) is 10.1. The predicted molar refractivity (Wildman–Crippen MR) is 109 cm³/mol. The van der Waals surface area contributed by atoms with Gasteiger partial charge < -0.3 is 9.47 Å². The van der Waals surface area contributed by atoms with Crippen molar-refractivity contribution in [2.75, 3.05) is 20.3 Å². The summed E-state index contributed by atoms with van der Waals surface area (Å²) in [4.78, 5) is 5.08. The van der Waals surface area contributed by atoms with Gasteiger partial charge in [-0.15, -0.1) is 0 Å². The molecule has 0 saturated carbocycles. The number of nitrogens with zero attached hydrogens (tertiary/aromatic N) is 2. The van der Waals surface area contributed by atoms with Gasteiger partial charge in [0.05, 0.1) is 17.9 Å². The van der Waals surface area contributed by atoms with Gasteiger partial charge in [0.1, 0.15) is 11.7 Å². The standard InChI is InChI=1S/C24H28N2O2/c1-23(2)12-10-20-18(14-23)21(17-8-5-4-6-9-17)19(15-25)22(26-20)24(16-27-3)11-7-13-28-24/h4-6,8-9H,7,10-14,16H2,1-3H3. The molecular weight excluding hydrogens is 348 g/mol. The minimum atomic E-state index is -0.620. The number of hydrogen-bond acceptors (Lipinski definition) is 4. The van der Waals surface area contributed by atoms with Gasteiger partial charge in [-0.25, -0.2) is 0 Å². The van der Waals surface area contributed by atoms with Crippen molar-refractivity contribution in [3.63, 3.8) is 0 Å². The normalized spacial score (nSPS) is 23.2. The van der Waals surface area contributed by atoms with Crippen molar-refractivity contribution in [1.82, 2.24) is 4.98 Å². The summed E-state index contributed by atoms with van der Waals surface area (Å²) in [5, 5.41) is 10.2. The molecule has 1 saturated heterocycles. The fraction of sp³-hybridized carbons (Fsp3) is 0.500. The van der Waals surface area contributed by atoms with Crippen LogP contribution >= 0.6 is 0 Å². The number of methoxy groups -OCH3 is 1. The highest BCUT2D eigenvalue weighted by atomic mass is 16.5. The molecule has 0 radical (unpaired) electrons. The molecule has 0 bridgehead atoms. The van der Waals surface area contributed by atoms with Gasteiger partial charge in [-0.2, -0.15) is 5.26 Å². The Morgan fingerprint density at radius 3 is 2.64 bits per heavy atom. The van der Waals surface area contributed by atoms with Crippen LogP contribution in [0.3, 0.4) is 0 Å². The summed E-state index contributed by atoms with van der Waals surface area (Å²) >= 11 is 0. The van der Waals surface area contributed by atoms with Crippen LogP contribution < -0.4 is 0 Å². The summed E-state index contributed by atoms with van der Waals surface area (Å²) in [6.45, 7) is 5.71. The van der Waals surface area contributed by atoms with Gasteiger partial charge in [0.25, 0.3) is 0 Å². The summed E-state index contributed by atoms with van der Waals surface area (Å²) < 4.78 is 11.7. The van der Waals surface area contributed by atoms with Crippen LogP contribution in [-0.2, 0) is 27.9 Å². The van der Waals surface area contributed by atoms with Crippen molar-refractivity contribution in [2.45, 2.75) is 51.6 Å². The molecule has 2 aromatic rings. The number of hydrogen-bond donors (Lipinski definition) is 0. The average Bonchev–Trinajstić information content (AvgIpc) is 3.16. The fourth-order valence-corrected chi connectivity index (χ4v) is 4.75. The minimum absolute atomic E-state index is 0.209. The second-order valence-corrected chi connectivity index (χ2v) is 8.83. The Morgan fingerprint density at radius 2 is 2.00 bits per heavy atom. The van der Waals surface area contributed by atoms with Crippen molar-refractivity contribution in [1.29, 1.82) is 5.26 Å². The lowest BCUT2D eigenvalue weighted by molar-refractivity contribution is -0.0592. The number of ether oxygens (including phenoxy) is 2. The van der Waals surface area contributed by atoms with Crippen LogP contribution in [-0.4, -0.2) is 25.3 Å². The predicted octanol–water partition coefficient (Wildman–Crippen LogP) is 4.79. The number of fused-ring (bicyclic) bond motifs is 1. The Hall–Kier alpha value is -2.22. The number of nitriles is 1. The number of pyridine rings is 1. The van der Waals surface area contributed by atoms with Gasteiger partial charge >= 0.3 is 0 Å². The molecule has 0 N–H and O–H groups in total. The van der Waals surface area contributed by atoms with Gasteiger partial charge in [-0.05, 0) is 48.6 Å². The van der Waals surface area contributed by atoms with Gasteiger partial charge in [0.2, 0.25) is 0 Å². The smallest absolute Gasteiger partial charge is 0.134 e. The molecular formula is C24H28N2O2. The van der Waals surface area contributed by atoms with E-state index >= 15 is 0 Å². The minimum Gasteiger partial charge on any atom is -0.381 e. The monoisotopic (exact) mass is 376 g/mol. The largest absolute Gasteiger partial charge is 0.381 e. The second-order valence-electron chi connectivity index (χ2n) is 8.83. The molecule has 1 fully saturated rings. The van der Waals surface area contributed by atoms with E-state index in [9.17, 15) is 5.26 Å². The summed E-state index contributed by atoms with van der Waals surface area (Å²) in [6.07, 6.45) is 4.77. The van der Waals surface area contributed by atoms with Gasteiger partial charge in [0, 0.05) is 25.0 Å². The summed E-state index contributed by atoms with van der Waals surface area (Å²) in [6, 6.07) is 12.8. The first-order chi connectivity index (χ1) is 13.5. The maximum atomic E-state index is 10.2. The molecule has 146 valence electrons. The Balaban J connectivity index is 2.01. The highest BCUT2D eigenvalue weighted by Gasteiger charge is 2.43. The van der Waals surface area contributed by atoms with Crippen molar-refractivity contribution >= 4 is 0 Å². The molecule has 4 heteroatoms. The number of rotatable bonds is 4. The lowest BCUT2D eigenvalue weighted by atomic mass is 9.72. The summed E-state index contributed by atoms with van der Waals surface area (Å²) in [7, 11) is 1.69. The third-order valence-corrected chi connectivity index (χ3v) is 6.16. The Labute approximate surface area is 167 Å². The zero-order valence-electron chi connectivity index (χ0n) is 17.0. The molecule has 1 unspecified atom stereocenters. The lowest BCUT2D eigenvalue weighted by Crippen LogP contribution is -2.34. The molecule has 1 aliphatic heterocycles. The second kappa shape index (κ2) is 7.31. The SMILES string of the molecule is COCC1(c2nc3c(c(-c4ccccc4)c2C#N)CC(C)(C)CC3)CCCO1. The molecule has 1 atom stereocenters. The molecule has 28 heavy (non-hydrogen) atoms. The molecule has 1 aliphatic carbocycles. The Bertz CT molecular complexity index is 906. The molecule has 0 spiro atoms. The maximum Gasteiger partial charge on any atom is 0.134 e. The molecule has 4 rings (SSSR count). The lowest BCUT2D eigenvalue weighted by Gasteiger charge is -2.35. The van der Waals surface area contributed by atoms with Crippen LogP contribution in [0.4, 0.5) is 0 Å². The average molecular weight is 377 g/mol. The molecule has 2 heterocycles. The van der Waals surface area contributed by atoms with E-state index in [0.717, 1.165) is 54.6 Å². The van der Waals surface area contributed by atoms with Gasteiger partial charge in [0.15, 0.2) is 0 Å². The third-order valence-electron chi connectivity index (χ3n) is 6.16. The summed E-state index contributed by atoms with van der Waals surface area (Å²) in [5.74, 6) is 0. The van der Waals surface area contributed by atoms with Crippen molar-refractivity contribution in [2.24, 2.45) is 5.41 Å². The van der Waals surface area contributed by atoms with E-state index in [1.807, 2.05) is 18.2 Å². The zero-order chi connectivity index (χ0) is 19.8. The van der Waals surface area contributed by atoms with E-state index in [2.05, 4.69) is 32.0 Å². The zero-order valence-corrected chi connectivity index (χ0v) is 17.0. The van der Waals surface area contributed by atoms with Crippen molar-refractivity contribution < 1.29 is 9.47 Å². The van der Waals surface area contributed by atoms with Crippen LogP contribution in [0.5, 0.6) is 0 Å². The van der Waals surface area contributed by atoms with Crippen LogP contribution in [0, 0.1) is 16.7 Å². The number of benzene rings is 1. The van der Waals surface area contributed by atoms with E-state index in [1.165, 1.54) is 5.56 Å². The fourth-order valence-electron chi connectivity index (χ4n) is 4.75. The molecule has 4 nitrogen and oxygen atoms in total. The highest BCUT2D eigenvalue weighted by molar-refractivity contribution is 5.76. The topological polar surface area (TPSA) is 55.1 Å². The maximum absolute atomic E-state index is 10.2.